The monoisotopic (exact) mass is 286 g/mol. The highest BCUT2D eigenvalue weighted by Gasteiger charge is 2.04. The van der Waals surface area contributed by atoms with Gasteiger partial charge in [-0.25, -0.2) is 0 Å². The van der Waals surface area contributed by atoms with Crippen molar-refractivity contribution in [2.24, 2.45) is 0 Å². The third-order valence-corrected chi connectivity index (χ3v) is 4.61. The molecular weight excluding hydrogens is 272 g/mol. The molecule has 0 bridgehead atoms. The predicted molar refractivity (Wildman–Crippen MR) is 94.7 cm³/mol. The molecule has 1 aromatic heterocycles. The summed E-state index contributed by atoms with van der Waals surface area (Å²) in [7, 11) is 0. The van der Waals surface area contributed by atoms with E-state index in [4.69, 9.17) is 0 Å². The zero-order valence-electron chi connectivity index (χ0n) is 11.5. The van der Waals surface area contributed by atoms with Crippen LogP contribution in [0.1, 0.15) is 10.4 Å². The highest BCUT2D eigenvalue weighted by molar-refractivity contribution is 7.10. The summed E-state index contributed by atoms with van der Waals surface area (Å²) in [6.45, 7) is 0. The predicted octanol–water partition coefficient (Wildman–Crippen LogP) is 6.22. The molecule has 4 rings (SSSR count). The molecule has 0 saturated carbocycles. The molecule has 4 aromatic rings. The van der Waals surface area contributed by atoms with Gasteiger partial charge < -0.3 is 0 Å². The van der Waals surface area contributed by atoms with Crippen molar-refractivity contribution in [2.45, 2.75) is 0 Å². The van der Waals surface area contributed by atoms with Crippen molar-refractivity contribution >= 4 is 45.0 Å². The summed E-state index contributed by atoms with van der Waals surface area (Å²) < 4.78 is 0. The highest BCUT2D eigenvalue weighted by Crippen LogP contribution is 2.30. The average Bonchev–Trinajstić information content (AvgIpc) is 3.05. The second-order valence-corrected chi connectivity index (χ2v) is 6.06. The lowest BCUT2D eigenvalue weighted by Gasteiger charge is -2.08. The van der Waals surface area contributed by atoms with Crippen LogP contribution in [0.4, 0.5) is 0 Å². The summed E-state index contributed by atoms with van der Waals surface area (Å²) in [6.07, 6.45) is 4.45. The maximum atomic E-state index is 2.27. The number of hydrogen-bond donors (Lipinski definition) is 0. The molecule has 100 valence electrons. The highest BCUT2D eigenvalue weighted by atomic mass is 32.1. The second kappa shape index (κ2) is 5.19. The molecule has 0 atom stereocenters. The lowest BCUT2D eigenvalue weighted by atomic mass is 9.96. The van der Waals surface area contributed by atoms with Crippen molar-refractivity contribution in [2.75, 3.05) is 0 Å². The molecule has 0 nitrogen and oxygen atoms in total. The van der Waals surface area contributed by atoms with Gasteiger partial charge in [-0.15, -0.1) is 11.3 Å². The first kappa shape index (κ1) is 12.4. The Morgan fingerprint density at radius 3 is 1.95 bits per heavy atom. The Morgan fingerprint density at radius 2 is 1.33 bits per heavy atom. The van der Waals surface area contributed by atoms with Crippen LogP contribution in [0.25, 0.3) is 33.7 Å². The molecule has 0 aliphatic carbocycles. The Hall–Kier alpha value is -2.38. The smallest absolute Gasteiger partial charge is 0.0270 e. The Balaban J connectivity index is 2.02. The van der Waals surface area contributed by atoms with Crippen LogP contribution in [-0.2, 0) is 0 Å². The van der Waals surface area contributed by atoms with Gasteiger partial charge in [0.2, 0.25) is 0 Å². The average molecular weight is 286 g/mol. The lowest BCUT2D eigenvalue weighted by molar-refractivity contribution is 1.74. The number of hydrogen-bond acceptors (Lipinski definition) is 1. The van der Waals surface area contributed by atoms with Crippen LogP contribution in [0.5, 0.6) is 0 Å². The van der Waals surface area contributed by atoms with Crippen LogP contribution in [0, 0.1) is 0 Å². The first-order valence-electron chi connectivity index (χ1n) is 7.04. The van der Waals surface area contributed by atoms with Gasteiger partial charge in [0, 0.05) is 4.88 Å². The molecule has 0 unspecified atom stereocenters. The van der Waals surface area contributed by atoms with E-state index in [0.717, 1.165) is 0 Å². The lowest BCUT2D eigenvalue weighted by Crippen LogP contribution is -1.82. The van der Waals surface area contributed by atoms with Crippen LogP contribution in [0.15, 0.2) is 72.1 Å². The van der Waals surface area contributed by atoms with E-state index in [1.807, 2.05) is 0 Å². The van der Waals surface area contributed by atoms with Gasteiger partial charge in [0.25, 0.3) is 0 Å². The number of rotatable bonds is 2. The third kappa shape index (κ3) is 2.26. The number of thiophene rings is 1. The van der Waals surface area contributed by atoms with E-state index < -0.39 is 0 Å². The number of benzene rings is 3. The summed E-state index contributed by atoms with van der Waals surface area (Å²) in [6, 6.07) is 23.7. The van der Waals surface area contributed by atoms with Crippen LogP contribution in [0.3, 0.4) is 0 Å². The van der Waals surface area contributed by atoms with Crippen molar-refractivity contribution in [3.8, 4) is 0 Å². The topological polar surface area (TPSA) is 0 Å². The first-order valence-corrected chi connectivity index (χ1v) is 7.92. The second-order valence-electron chi connectivity index (χ2n) is 5.08. The van der Waals surface area contributed by atoms with E-state index in [1.54, 1.807) is 11.3 Å². The fourth-order valence-corrected chi connectivity index (χ4v) is 3.40. The van der Waals surface area contributed by atoms with E-state index >= 15 is 0 Å². The first-order chi connectivity index (χ1) is 10.4. The van der Waals surface area contributed by atoms with E-state index in [1.165, 1.54) is 32.0 Å². The van der Waals surface area contributed by atoms with Gasteiger partial charge in [-0.2, -0.15) is 0 Å². The van der Waals surface area contributed by atoms with Gasteiger partial charge in [-0.3, -0.25) is 0 Å². The van der Waals surface area contributed by atoms with Crippen molar-refractivity contribution in [1.82, 2.24) is 0 Å². The van der Waals surface area contributed by atoms with E-state index in [9.17, 15) is 0 Å². The maximum absolute atomic E-state index is 2.27. The molecule has 1 heterocycles. The minimum absolute atomic E-state index is 1.28. The van der Waals surface area contributed by atoms with E-state index in [0.29, 0.717) is 0 Å². The standard InChI is InChI=1S/C20H14S/c1-3-9-18-15(6-1)14-16-7-2-4-10-19(16)20(18)12-11-17-8-5-13-21-17/h1-14H/b12-11+. The van der Waals surface area contributed by atoms with Crippen LogP contribution in [0.2, 0.25) is 0 Å². The van der Waals surface area contributed by atoms with Crippen LogP contribution >= 0.6 is 11.3 Å². The zero-order chi connectivity index (χ0) is 14.1. The van der Waals surface area contributed by atoms with E-state index in [-0.39, 0.29) is 0 Å². The molecule has 0 N–H and O–H groups in total. The number of fused-ring (bicyclic) bond motifs is 2. The molecule has 3 aromatic carbocycles. The minimum Gasteiger partial charge on any atom is -0.144 e. The normalized spacial score (nSPS) is 11.6. The Labute approximate surface area is 128 Å². The Morgan fingerprint density at radius 1 is 0.667 bits per heavy atom. The molecule has 0 fully saturated rings. The molecule has 0 radical (unpaired) electrons. The molecule has 0 saturated heterocycles. The molecular formula is C20H14S. The fraction of sp³-hybridized carbons (Fsp3) is 0. The summed E-state index contributed by atoms with van der Waals surface area (Å²) in [5, 5.41) is 7.32. The van der Waals surface area contributed by atoms with Crippen LogP contribution < -0.4 is 0 Å². The fourth-order valence-electron chi connectivity index (χ4n) is 2.78. The van der Waals surface area contributed by atoms with Gasteiger partial charge in [0.15, 0.2) is 0 Å². The third-order valence-electron chi connectivity index (χ3n) is 3.77. The Kier molecular flexibility index (Phi) is 3.06. The molecule has 0 spiro atoms. The van der Waals surface area contributed by atoms with Crippen molar-refractivity contribution in [3.63, 3.8) is 0 Å². The summed E-state index contributed by atoms with van der Waals surface area (Å²) in [5.74, 6) is 0. The van der Waals surface area contributed by atoms with Gasteiger partial charge in [0.1, 0.15) is 0 Å². The van der Waals surface area contributed by atoms with E-state index in [2.05, 4.69) is 84.3 Å². The zero-order valence-corrected chi connectivity index (χ0v) is 12.3. The van der Waals surface area contributed by atoms with Gasteiger partial charge in [-0.05, 0) is 50.7 Å². The molecule has 21 heavy (non-hydrogen) atoms. The van der Waals surface area contributed by atoms with Gasteiger partial charge in [-0.1, -0.05) is 60.7 Å². The van der Waals surface area contributed by atoms with Crippen molar-refractivity contribution < 1.29 is 0 Å². The molecule has 0 aliphatic heterocycles. The minimum atomic E-state index is 1.28. The van der Waals surface area contributed by atoms with Crippen LogP contribution in [-0.4, -0.2) is 0 Å². The molecule has 0 aliphatic rings. The largest absolute Gasteiger partial charge is 0.144 e. The van der Waals surface area contributed by atoms with Gasteiger partial charge >= 0.3 is 0 Å². The van der Waals surface area contributed by atoms with Crippen molar-refractivity contribution in [3.05, 3.63) is 82.6 Å². The SMILES string of the molecule is C(=C\c1c2ccccc2cc2ccccc12)/c1cccs1. The summed E-state index contributed by atoms with van der Waals surface area (Å²) in [5.41, 5.74) is 1.30. The summed E-state index contributed by atoms with van der Waals surface area (Å²) in [4.78, 5) is 1.28. The van der Waals surface area contributed by atoms with Crippen molar-refractivity contribution in [1.29, 1.82) is 0 Å². The summed E-state index contributed by atoms with van der Waals surface area (Å²) >= 11 is 1.77. The quantitative estimate of drug-likeness (QED) is 0.383. The molecule has 1 heteroatoms. The van der Waals surface area contributed by atoms with Gasteiger partial charge in [0.05, 0.1) is 0 Å². The molecule has 0 amide bonds. The maximum Gasteiger partial charge on any atom is 0.0270 e. The Bertz CT molecular complexity index is 877.